The molecule has 0 aromatic heterocycles. The maximum absolute atomic E-state index is 12.0. The van der Waals surface area contributed by atoms with Crippen LogP contribution < -0.4 is 0 Å². The number of hydrogen-bond donors (Lipinski definition) is 0. The average Bonchev–Trinajstić information content (AvgIpc) is 1.95. The molecule has 0 unspecified atom stereocenters. The van der Waals surface area contributed by atoms with Crippen LogP contribution in [0.25, 0.3) is 0 Å². The van der Waals surface area contributed by atoms with Crippen molar-refractivity contribution >= 4 is 0 Å². The van der Waals surface area contributed by atoms with Gasteiger partial charge in [0.2, 0.25) is 6.17 Å². The lowest BCUT2D eigenvalue weighted by molar-refractivity contribution is -0.130. The quantitative estimate of drug-likeness (QED) is 0.477. The van der Waals surface area contributed by atoms with Crippen molar-refractivity contribution in [3.8, 4) is 0 Å². The monoisotopic (exact) mass is 160 g/mol. The Labute approximate surface area is 54.0 Å². The van der Waals surface area contributed by atoms with Gasteiger partial charge in [0.25, 0.3) is 11.8 Å². The van der Waals surface area contributed by atoms with E-state index in [4.69, 9.17) is 0 Å². The summed E-state index contributed by atoms with van der Waals surface area (Å²) in [7, 11) is 0. The fraction of sp³-hybridized carbons (Fsp3) is 1.00. The van der Waals surface area contributed by atoms with Gasteiger partial charge in [-0.25, -0.2) is 22.0 Å². The molecule has 0 aromatic rings. The van der Waals surface area contributed by atoms with E-state index in [0.29, 0.717) is 0 Å². The fourth-order valence-electron chi connectivity index (χ4n) is 0.896. The first-order chi connectivity index (χ1) is 4.36. The molecular formula is C5H5F5. The first-order valence-corrected chi connectivity index (χ1v) is 2.76. The molecule has 1 fully saturated rings. The predicted molar refractivity (Wildman–Crippen MR) is 24.0 cm³/mol. The van der Waals surface area contributed by atoms with Crippen LogP contribution in [0, 0.1) is 0 Å². The van der Waals surface area contributed by atoms with Gasteiger partial charge in [-0.3, -0.25) is 0 Å². The van der Waals surface area contributed by atoms with E-state index in [1.165, 1.54) is 0 Å². The Hall–Kier alpha value is -0.350. The third-order valence-electron chi connectivity index (χ3n) is 1.53. The molecule has 0 saturated heterocycles. The van der Waals surface area contributed by atoms with Crippen LogP contribution in [0.2, 0.25) is 0 Å². The molecule has 5 heteroatoms. The second-order valence-corrected chi connectivity index (χ2v) is 2.38. The number of alkyl halides is 5. The molecule has 0 heterocycles. The topological polar surface area (TPSA) is 0 Å². The molecule has 0 atom stereocenters. The Morgan fingerprint density at radius 3 is 1.30 bits per heavy atom. The van der Waals surface area contributed by atoms with Gasteiger partial charge in [0.1, 0.15) is 0 Å². The van der Waals surface area contributed by atoms with Gasteiger partial charge in [0.15, 0.2) is 0 Å². The second kappa shape index (κ2) is 1.83. The average molecular weight is 160 g/mol. The van der Waals surface area contributed by atoms with Gasteiger partial charge in [-0.05, 0) is 0 Å². The molecule has 1 rings (SSSR count). The van der Waals surface area contributed by atoms with Gasteiger partial charge in [0.05, 0.1) is 0 Å². The molecule has 0 aliphatic heterocycles. The Morgan fingerprint density at radius 2 is 1.20 bits per heavy atom. The lowest BCUT2D eigenvalue weighted by Gasteiger charge is -2.14. The SMILES string of the molecule is FC1C(F)(F)CCC1(F)F. The number of hydrogen-bond acceptors (Lipinski definition) is 0. The highest BCUT2D eigenvalue weighted by atomic mass is 19.3. The van der Waals surface area contributed by atoms with Crippen molar-refractivity contribution in [2.24, 2.45) is 0 Å². The van der Waals surface area contributed by atoms with E-state index in [-0.39, 0.29) is 0 Å². The van der Waals surface area contributed by atoms with Crippen LogP contribution in [0.15, 0.2) is 0 Å². The molecule has 0 nitrogen and oxygen atoms in total. The lowest BCUT2D eigenvalue weighted by atomic mass is 10.2. The summed E-state index contributed by atoms with van der Waals surface area (Å²) in [6.07, 6.45) is -5.40. The lowest BCUT2D eigenvalue weighted by Crippen LogP contribution is -2.34. The smallest absolute Gasteiger partial charge is 0.234 e. The van der Waals surface area contributed by atoms with Gasteiger partial charge in [-0.1, -0.05) is 0 Å². The minimum Gasteiger partial charge on any atom is -0.234 e. The van der Waals surface area contributed by atoms with Crippen LogP contribution >= 0.6 is 0 Å². The highest BCUT2D eigenvalue weighted by molar-refractivity contribution is 4.96. The zero-order chi connectivity index (χ0) is 7.99. The van der Waals surface area contributed by atoms with Crippen molar-refractivity contribution in [2.45, 2.75) is 30.9 Å². The first kappa shape index (κ1) is 7.75. The van der Waals surface area contributed by atoms with E-state index in [9.17, 15) is 22.0 Å². The molecular weight excluding hydrogens is 155 g/mol. The second-order valence-electron chi connectivity index (χ2n) is 2.38. The van der Waals surface area contributed by atoms with Gasteiger partial charge in [0, 0.05) is 12.8 Å². The minimum absolute atomic E-state index is 1.05. The van der Waals surface area contributed by atoms with Crippen molar-refractivity contribution in [3.05, 3.63) is 0 Å². The molecule has 0 N–H and O–H groups in total. The highest BCUT2D eigenvalue weighted by Crippen LogP contribution is 2.46. The molecule has 1 saturated carbocycles. The Kier molecular flexibility index (Phi) is 1.42. The predicted octanol–water partition coefficient (Wildman–Crippen LogP) is 2.39. The van der Waals surface area contributed by atoms with E-state index in [0.717, 1.165) is 0 Å². The molecule has 1 aliphatic rings. The summed E-state index contributed by atoms with van der Waals surface area (Å²) in [6.45, 7) is 0. The molecule has 60 valence electrons. The summed E-state index contributed by atoms with van der Waals surface area (Å²) in [5.41, 5.74) is 0. The molecule has 1 aliphatic carbocycles. The normalized spacial score (nSPS) is 30.9. The minimum atomic E-state index is -3.83. The van der Waals surface area contributed by atoms with E-state index in [1.807, 2.05) is 0 Å². The third kappa shape index (κ3) is 0.973. The highest BCUT2D eigenvalue weighted by Gasteiger charge is 2.61. The Balaban J connectivity index is 2.77. The van der Waals surface area contributed by atoms with Crippen LogP contribution in [0.5, 0.6) is 0 Å². The Bertz CT molecular complexity index is 125. The summed E-state index contributed by atoms with van der Waals surface area (Å²) in [5, 5.41) is 0. The van der Waals surface area contributed by atoms with E-state index in [2.05, 4.69) is 0 Å². The van der Waals surface area contributed by atoms with Crippen molar-refractivity contribution in [1.29, 1.82) is 0 Å². The summed E-state index contributed by atoms with van der Waals surface area (Å²) in [5.74, 6) is -7.66. The van der Waals surface area contributed by atoms with E-state index < -0.39 is 30.9 Å². The van der Waals surface area contributed by atoms with E-state index >= 15 is 0 Å². The fourth-order valence-corrected chi connectivity index (χ4v) is 0.896. The zero-order valence-corrected chi connectivity index (χ0v) is 4.88. The molecule has 0 bridgehead atoms. The zero-order valence-electron chi connectivity index (χ0n) is 4.88. The first-order valence-electron chi connectivity index (χ1n) is 2.76. The summed E-state index contributed by atoms with van der Waals surface area (Å²) < 4.78 is 59.9. The summed E-state index contributed by atoms with van der Waals surface area (Å²) >= 11 is 0. The van der Waals surface area contributed by atoms with Gasteiger partial charge >= 0.3 is 0 Å². The summed E-state index contributed by atoms with van der Waals surface area (Å²) in [4.78, 5) is 0. The maximum Gasteiger partial charge on any atom is 0.284 e. The number of halogens is 5. The van der Waals surface area contributed by atoms with Crippen LogP contribution in [-0.4, -0.2) is 18.0 Å². The largest absolute Gasteiger partial charge is 0.284 e. The van der Waals surface area contributed by atoms with Gasteiger partial charge in [-0.2, -0.15) is 0 Å². The van der Waals surface area contributed by atoms with Gasteiger partial charge < -0.3 is 0 Å². The summed E-state index contributed by atoms with van der Waals surface area (Å²) in [6, 6.07) is 0. The third-order valence-corrected chi connectivity index (χ3v) is 1.53. The standard InChI is InChI=1S/C5H5F5/c6-3-4(7,8)1-2-5(3,9)10/h3H,1-2H2. The van der Waals surface area contributed by atoms with Crippen molar-refractivity contribution in [2.75, 3.05) is 0 Å². The molecule has 10 heavy (non-hydrogen) atoms. The van der Waals surface area contributed by atoms with Crippen LogP contribution in [0.3, 0.4) is 0 Å². The van der Waals surface area contributed by atoms with Crippen molar-refractivity contribution < 1.29 is 22.0 Å². The number of rotatable bonds is 0. The molecule has 0 amide bonds. The molecule has 0 spiro atoms. The van der Waals surface area contributed by atoms with Crippen LogP contribution in [0.1, 0.15) is 12.8 Å². The maximum atomic E-state index is 12.0. The Morgan fingerprint density at radius 1 is 0.900 bits per heavy atom. The van der Waals surface area contributed by atoms with Gasteiger partial charge in [-0.15, -0.1) is 0 Å². The van der Waals surface area contributed by atoms with Crippen molar-refractivity contribution in [3.63, 3.8) is 0 Å². The van der Waals surface area contributed by atoms with Crippen molar-refractivity contribution in [1.82, 2.24) is 0 Å². The van der Waals surface area contributed by atoms with Crippen LogP contribution in [0.4, 0.5) is 22.0 Å². The molecule has 0 radical (unpaired) electrons. The van der Waals surface area contributed by atoms with E-state index in [1.54, 1.807) is 0 Å². The molecule has 0 aromatic carbocycles. The van der Waals surface area contributed by atoms with Crippen LogP contribution in [-0.2, 0) is 0 Å².